The molecule has 2 aromatic rings. The van der Waals surface area contributed by atoms with Gasteiger partial charge in [-0.3, -0.25) is 0 Å². The summed E-state index contributed by atoms with van der Waals surface area (Å²) in [6.45, 7) is 6.66. The monoisotopic (exact) mass is 308 g/mol. The fourth-order valence-corrected chi connectivity index (χ4v) is 3.25. The number of hydrogen-bond donors (Lipinski definition) is 0. The molecule has 0 heterocycles. The Morgan fingerprint density at radius 1 is 1.00 bits per heavy atom. The predicted octanol–water partition coefficient (Wildman–Crippen LogP) is 6.17. The van der Waals surface area contributed by atoms with Crippen molar-refractivity contribution in [2.75, 3.05) is 7.11 Å². The molecule has 0 amide bonds. The highest BCUT2D eigenvalue weighted by atomic mass is 16.5. The minimum atomic E-state index is 0.160. The van der Waals surface area contributed by atoms with E-state index in [2.05, 4.69) is 49.2 Å². The molecule has 23 heavy (non-hydrogen) atoms. The minimum absolute atomic E-state index is 0.160. The van der Waals surface area contributed by atoms with E-state index in [1.807, 2.05) is 24.3 Å². The van der Waals surface area contributed by atoms with Crippen molar-refractivity contribution in [3.63, 3.8) is 0 Å². The zero-order chi connectivity index (χ0) is 16.4. The molecule has 1 atom stereocenters. The average Bonchev–Trinajstić information content (AvgIpc) is 2.54. The van der Waals surface area contributed by atoms with Crippen LogP contribution < -0.4 is 0 Å². The van der Waals surface area contributed by atoms with Crippen molar-refractivity contribution in [2.45, 2.75) is 45.1 Å². The number of rotatable bonds is 3. The van der Waals surface area contributed by atoms with E-state index in [1.54, 1.807) is 7.11 Å². The molecule has 0 aromatic heterocycles. The van der Waals surface area contributed by atoms with E-state index in [9.17, 15) is 0 Å². The molecule has 0 saturated carbocycles. The fourth-order valence-electron chi connectivity index (χ4n) is 3.25. The van der Waals surface area contributed by atoms with Gasteiger partial charge in [0.2, 0.25) is 0 Å². The van der Waals surface area contributed by atoms with Crippen LogP contribution in [0.4, 0.5) is 11.4 Å². The van der Waals surface area contributed by atoms with Gasteiger partial charge >= 0.3 is 0 Å². The van der Waals surface area contributed by atoms with Crippen LogP contribution in [0.2, 0.25) is 0 Å². The van der Waals surface area contributed by atoms with E-state index in [4.69, 9.17) is 4.74 Å². The standard InChI is InChI=1S/C20H24N2O/c1-14-5-7-15(8-6-14)21-22-16-9-10-18-17(13-16)19(23-4)11-12-20(18,2)3/h5-10,13,19H,11-12H2,1-4H3. The SMILES string of the molecule is COC1CCC(C)(C)c2ccc(N=Nc3ccc(C)cc3)cc21. The highest BCUT2D eigenvalue weighted by molar-refractivity contribution is 5.49. The van der Waals surface area contributed by atoms with Crippen molar-refractivity contribution in [1.29, 1.82) is 0 Å². The molecule has 0 spiro atoms. The van der Waals surface area contributed by atoms with Gasteiger partial charge in [0.25, 0.3) is 0 Å². The van der Waals surface area contributed by atoms with Crippen LogP contribution in [0.3, 0.4) is 0 Å². The first-order chi connectivity index (χ1) is 11.0. The summed E-state index contributed by atoms with van der Waals surface area (Å²) >= 11 is 0. The van der Waals surface area contributed by atoms with Crippen molar-refractivity contribution in [3.05, 3.63) is 59.2 Å². The Bertz CT molecular complexity index is 717. The van der Waals surface area contributed by atoms with Gasteiger partial charge in [-0.25, -0.2) is 0 Å². The molecule has 0 radical (unpaired) electrons. The summed E-state index contributed by atoms with van der Waals surface area (Å²) in [7, 11) is 1.78. The first-order valence-electron chi connectivity index (χ1n) is 8.15. The summed E-state index contributed by atoms with van der Waals surface area (Å²) in [5, 5.41) is 8.74. The third-order valence-corrected chi connectivity index (χ3v) is 4.74. The summed E-state index contributed by atoms with van der Waals surface area (Å²) < 4.78 is 5.67. The van der Waals surface area contributed by atoms with Crippen LogP contribution in [-0.2, 0) is 10.2 Å². The summed E-state index contributed by atoms with van der Waals surface area (Å²) in [5.41, 5.74) is 5.79. The van der Waals surface area contributed by atoms with Crippen molar-refractivity contribution in [3.8, 4) is 0 Å². The molecule has 2 aromatic carbocycles. The van der Waals surface area contributed by atoms with Crippen LogP contribution in [0.5, 0.6) is 0 Å². The molecule has 0 aliphatic heterocycles. The minimum Gasteiger partial charge on any atom is -0.377 e. The van der Waals surface area contributed by atoms with E-state index in [0.29, 0.717) is 0 Å². The maximum absolute atomic E-state index is 5.67. The van der Waals surface area contributed by atoms with E-state index in [-0.39, 0.29) is 11.5 Å². The molecule has 1 aliphatic carbocycles. The van der Waals surface area contributed by atoms with Gasteiger partial charge in [-0.15, -0.1) is 0 Å². The largest absolute Gasteiger partial charge is 0.377 e. The van der Waals surface area contributed by atoms with Crippen LogP contribution in [-0.4, -0.2) is 7.11 Å². The Kier molecular flexibility index (Phi) is 4.31. The number of fused-ring (bicyclic) bond motifs is 1. The molecule has 0 fully saturated rings. The molecule has 0 N–H and O–H groups in total. The number of nitrogens with zero attached hydrogens (tertiary/aromatic N) is 2. The summed E-state index contributed by atoms with van der Waals surface area (Å²) in [5.74, 6) is 0. The number of azo groups is 1. The van der Waals surface area contributed by atoms with Crippen molar-refractivity contribution >= 4 is 11.4 Å². The van der Waals surface area contributed by atoms with Gasteiger partial charge in [0.1, 0.15) is 0 Å². The number of hydrogen-bond acceptors (Lipinski definition) is 3. The van der Waals surface area contributed by atoms with Gasteiger partial charge in [-0.1, -0.05) is 37.6 Å². The molecule has 1 aliphatic rings. The lowest BCUT2D eigenvalue weighted by Gasteiger charge is -2.36. The van der Waals surface area contributed by atoms with Gasteiger partial charge in [0.15, 0.2) is 0 Å². The fraction of sp³-hybridized carbons (Fsp3) is 0.400. The van der Waals surface area contributed by atoms with E-state index < -0.39 is 0 Å². The molecular weight excluding hydrogens is 284 g/mol. The van der Waals surface area contributed by atoms with Gasteiger partial charge < -0.3 is 4.74 Å². The van der Waals surface area contributed by atoms with E-state index >= 15 is 0 Å². The maximum atomic E-state index is 5.67. The summed E-state index contributed by atoms with van der Waals surface area (Å²) in [4.78, 5) is 0. The van der Waals surface area contributed by atoms with Crippen LogP contribution >= 0.6 is 0 Å². The van der Waals surface area contributed by atoms with Gasteiger partial charge in [0.05, 0.1) is 17.5 Å². The Labute approximate surface area is 138 Å². The third kappa shape index (κ3) is 3.35. The first-order valence-corrected chi connectivity index (χ1v) is 8.15. The molecule has 0 saturated heterocycles. The maximum Gasteiger partial charge on any atom is 0.0861 e. The van der Waals surface area contributed by atoms with Gasteiger partial charge in [0, 0.05) is 7.11 Å². The Hall–Kier alpha value is -2.00. The lowest BCUT2D eigenvalue weighted by Crippen LogP contribution is -2.26. The number of ether oxygens (including phenoxy) is 1. The Morgan fingerprint density at radius 3 is 2.35 bits per heavy atom. The number of benzene rings is 2. The Morgan fingerprint density at radius 2 is 1.65 bits per heavy atom. The second-order valence-corrected chi connectivity index (χ2v) is 6.95. The lowest BCUT2D eigenvalue weighted by atomic mass is 9.71. The number of methoxy groups -OCH3 is 1. The molecule has 120 valence electrons. The van der Waals surface area contributed by atoms with Gasteiger partial charge in [-0.05, 0) is 60.6 Å². The molecule has 3 nitrogen and oxygen atoms in total. The summed E-state index contributed by atoms with van der Waals surface area (Å²) in [6, 6.07) is 14.4. The normalized spacial score (nSPS) is 19.7. The zero-order valence-electron chi connectivity index (χ0n) is 14.3. The van der Waals surface area contributed by atoms with Crippen molar-refractivity contribution in [1.82, 2.24) is 0 Å². The highest BCUT2D eigenvalue weighted by Crippen LogP contribution is 2.44. The van der Waals surface area contributed by atoms with Crippen LogP contribution in [0.15, 0.2) is 52.7 Å². The molecule has 1 unspecified atom stereocenters. The second-order valence-electron chi connectivity index (χ2n) is 6.95. The first kappa shape index (κ1) is 15.9. The van der Waals surface area contributed by atoms with Crippen LogP contribution in [0.1, 0.15) is 49.5 Å². The molecule has 0 bridgehead atoms. The van der Waals surface area contributed by atoms with Crippen molar-refractivity contribution in [2.24, 2.45) is 10.2 Å². The quantitative estimate of drug-likeness (QED) is 0.624. The number of aryl methyl sites for hydroxylation is 1. The van der Waals surface area contributed by atoms with E-state index in [1.165, 1.54) is 16.7 Å². The Balaban J connectivity index is 1.91. The highest BCUT2D eigenvalue weighted by Gasteiger charge is 2.32. The predicted molar refractivity (Wildman–Crippen MR) is 93.8 cm³/mol. The molecular formula is C20H24N2O. The lowest BCUT2D eigenvalue weighted by molar-refractivity contribution is 0.0778. The third-order valence-electron chi connectivity index (χ3n) is 4.74. The van der Waals surface area contributed by atoms with E-state index in [0.717, 1.165) is 24.2 Å². The van der Waals surface area contributed by atoms with Crippen molar-refractivity contribution < 1.29 is 4.74 Å². The smallest absolute Gasteiger partial charge is 0.0861 e. The topological polar surface area (TPSA) is 34.0 Å². The van der Waals surface area contributed by atoms with Crippen LogP contribution in [0.25, 0.3) is 0 Å². The summed E-state index contributed by atoms with van der Waals surface area (Å²) in [6.07, 6.45) is 2.35. The van der Waals surface area contributed by atoms with Gasteiger partial charge in [-0.2, -0.15) is 10.2 Å². The average molecular weight is 308 g/mol. The molecule has 3 rings (SSSR count). The zero-order valence-corrected chi connectivity index (χ0v) is 14.3. The molecule has 3 heteroatoms. The van der Waals surface area contributed by atoms with Crippen LogP contribution in [0, 0.1) is 6.92 Å². The second kappa shape index (κ2) is 6.25.